The minimum Gasteiger partial charge on any atom is -0.365 e. The topological polar surface area (TPSA) is 66.8 Å². The van der Waals surface area contributed by atoms with Gasteiger partial charge >= 0.3 is 6.18 Å². The Bertz CT molecular complexity index is 1050. The van der Waals surface area contributed by atoms with Gasteiger partial charge in [0, 0.05) is 50.4 Å². The van der Waals surface area contributed by atoms with Crippen LogP contribution >= 0.6 is 0 Å². The molecule has 1 N–H and O–H groups in total. The zero-order valence-corrected chi connectivity index (χ0v) is 15.6. The monoisotopic (exact) mass is 424 g/mol. The second-order valence-electron chi connectivity index (χ2n) is 6.95. The van der Waals surface area contributed by atoms with E-state index in [1.54, 1.807) is 17.0 Å². The van der Waals surface area contributed by atoms with E-state index in [1.165, 1.54) is 18.3 Å². The van der Waals surface area contributed by atoms with Crippen LogP contribution in [0.4, 0.5) is 33.7 Å². The number of halogens is 5. The van der Waals surface area contributed by atoms with Gasteiger partial charge in [0.2, 0.25) is 5.95 Å². The van der Waals surface area contributed by atoms with Crippen LogP contribution < -0.4 is 10.2 Å². The first-order valence-corrected chi connectivity index (χ1v) is 9.23. The molecule has 0 unspecified atom stereocenters. The van der Waals surface area contributed by atoms with Crippen molar-refractivity contribution in [1.29, 1.82) is 0 Å². The molecule has 1 fully saturated rings. The highest BCUT2D eigenvalue weighted by Crippen LogP contribution is 2.32. The fourth-order valence-electron chi connectivity index (χ4n) is 3.28. The third kappa shape index (κ3) is 4.24. The van der Waals surface area contributed by atoms with Gasteiger partial charge in [0.15, 0.2) is 5.65 Å². The third-order valence-corrected chi connectivity index (χ3v) is 4.84. The van der Waals surface area contributed by atoms with E-state index in [1.807, 2.05) is 0 Å². The largest absolute Gasteiger partial charge is 0.433 e. The zero-order chi connectivity index (χ0) is 21.4. The molecule has 0 radical (unpaired) electrons. The van der Waals surface area contributed by atoms with Crippen molar-refractivity contribution >= 4 is 22.8 Å². The number of fused-ring (bicyclic) bond motifs is 1. The molecule has 3 aromatic rings. The summed E-state index contributed by atoms with van der Waals surface area (Å²) in [5.74, 6) is -2.24. The number of nitrogens with zero attached hydrogens (tertiary/aromatic N) is 5. The van der Waals surface area contributed by atoms with Crippen LogP contribution in [0.15, 0.2) is 36.7 Å². The molecule has 0 aromatic carbocycles. The summed E-state index contributed by atoms with van der Waals surface area (Å²) in [6, 6.07) is 6.10. The van der Waals surface area contributed by atoms with E-state index in [-0.39, 0.29) is 49.8 Å². The first-order valence-electron chi connectivity index (χ1n) is 9.23. The summed E-state index contributed by atoms with van der Waals surface area (Å²) >= 11 is 0. The average molecular weight is 424 g/mol. The Morgan fingerprint density at radius 1 is 1.00 bits per heavy atom. The van der Waals surface area contributed by atoms with Gasteiger partial charge in [-0.2, -0.15) is 23.1 Å². The Morgan fingerprint density at radius 2 is 1.70 bits per heavy atom. The number of nitrogens with one attached hydrogen (secondary N) is 1. The van der Waals surface area contributed by atoms with E-state index in [9.17, 15) is 22.0 Å². The Morgan fingerprint density at radius 3 is 2.43 bits per heavy atom. The first-order chi connectivity index (χ1) is 14.2. The molecule has 4 heterocycles. The van der Waals surface area contributed by atoms with Crippen molar-refractivity contribution in [2.75, 3.05) is 23.3 Å². The molecule has 6 nitrogen and oxygen atoms in total. The van der Waals surface area contributed by atoms with Gasteiger partial charge in [-0.05, 0) is 18.2 Å². The highest BCUT2D eigenvalue weighted by molar-refractivity contribution is 5.87. The van der Waals surface area contributed by atoms with Gasteiger partial charge in [-0.15, -0.1) is 0 Å². The molecule has 0 bridgehead atoms. The van der Waals surface area contributed by atoms with Gasteiger partial charge in [0.25, 0.3) is 5.92 Å². The molecule has 0 atom stereocenters. The molecule has 4 rings (SSSR count). The Hall–Kier alpha value is -3.11. The van der Waals surface area contributed by atoms with E-state index < -0.39 is 17.8 Å². The van der Waals surface area contributed by atoms with Crippen LogP contribution in [-0.4, -0.2) is 38.9 Å². The van der Waals surface area contributed by atoms with Crippen molar-refractivity contribution in [3.63, 3.8) is 0 Å². The SMILES string of the molecule is FC1(F)CCN(c2nc(NCc3cccnc3C(F)(F)F)c3cccnc3n2)CC1. The standard InChI is InChI=1S/C19H17F5N6/c20-18(21)5-9-30(10-6-18)17-28-15-13(4-2-8-26-15)16(29-17)27-11-12-3-1-7-25-14(12)19(22,23)24/h1-4,7-8H,5-6,9-11H2,(H,26,27,28,29). The van der Waals surface area contributed by atoms with E-state index in [0.29, 0.717) is 11.0 Å². The molecule has 0 amide bonds. The van der Waals surface area contributed by atoms with Gasteiger partial charge in [0.1, 0.15) is 11.5 Å². The average Bonchev–Trinajstić information content (AvgIpc) is 2.71. The highest BCUT2D eigenvalue weighted by atomic mass is 19.4. The fraction of sp³-hybridized carbons (Fsp3) is 0.368. The summed E-state index contributed by atoms with van der Waals surface area (Å²) < 4.78 is 66.6. The predicted molar refractivity (Wildman–Crippen MR) is 100 cm³/mol. The molecule has 30 heavy (non-hydrogen) atoms. The summed E-state index contributed by atoms with van der Waals surface area (Å²) in [5.41, 5.74) is -0.697. The third-order valence-electron chi connectivity index (χ3n) is 4.84. The normalized spacial score (nSPS) is 16.6. The molecule has 158 valence electrons. The number of hydrogen-bond acceptors (Lipinski definition) is 6. The Labute approximate surface area is 168 Å². The molecule has 3 aromatic heterocycles. The lowest BCUT2D eigenvalue weighted by Crippen LogP contribution is -2.40. The van der Waals surface area contributed by atoms with E-state index >= 15 is 0 Å². The van der Waals surface area contributed by atoms with Gasteiger partial charge in [-0.3, -0.25) is 4.98 Å². The van der Waals surface area contributed by atoms with Crippen molar-refractivity contribution in [1.82, 2.24) is 19.9 Å². The van der Waals surface area contributed by atoms with Crippen LogP contribution in [0.2, 0.25) is 0 Å². The predicted octanol–water partition coefficient (Wildman–Crippen LogP) is 4.29. The van der Waals surface area contributed by atoms with Crippen molar-refractivity contribution in [3.8, 4) is 0 Å². The number of hydrogen-bond donors (Lipinski definition) is 1. The molecule has 0 spiro atoms. The minimum atomic E-state index is -4.59. The number of anilines is 2. The maximum absolute atomic E-state index is 13.5. The molecule has 1 aliphatic heterocycles. The van der Waals surface area contributed by atoms with Crippen LogP contribution in [0.1, 0.15) is 24.1 Å². The number of rotatable bonds is 4. The molecule has 1 aliphatic rings. The van der Waals surface area contributed by atoms with Crippen LogP contribution in [0.3, 0.4) is 0 Å². The summed E-state index contributed by atoms with van der Waals surface area (Å²) in [4.78, 5) is 18.0. The van der Waals surface area contributed by atoms with Crippen molar-refractivity contribution in [2.45, 2.75) is 31.5 Å². The lowest BCUT2D eigenvalue weighted by Gasteiger charge is -2.31. The summed E-state index contributed by atoms with van der Waals surface area (Å²) in [5, 5.41) is 3.42. The number of piperidine rings is 1. The smallest absolute Gasteiger partial charge is 0.365 e. The van der Waals surface area contributed by atoms with Gasteiger partial charge < -0.3 is 10.2 Å². The van der Waals surface area contributed by atoms with Crippen molar-refractivity contribution < 1.29 is 22.0 Å². The number of pyridine rings is 2. The number of aromatic nitrogens is 4. The summed E-state index contributed by atoms with van der Waals surface area (Å²) in [7, 11) is 0. The Balaban J connectivity index is 1.64. The van der Waals surface area contributed by atoms with Crippen LogP contribution in [0.25, 0.3) is 11.0 Å². The van der Waals surface area contributed by atoms with Crippen molar-refractivity contribution in [2.24, 2.45) is 0 Å². The summed E-state index contributed by atoms with van der Waals surface area (Å²) in [6.07, 6.45) is -2.61. The number of alkyl halides is 5. The van der Waals surface area contributed by atoms with Crippen LogP contribution in [0, 0.1) is 0 Å². The molecule has 11 heteroatoms. The lowest BCUT2D eigenvalue weighted by atomic mass is 10.1. The van der Waals surface area contributed by atoms with Crippen LogP contribution in [0.5, 0.6) is 0 Å². The van der Waals surface area contributed by atoms with E-state index in [4.69, 9.17) is 0 Å². The zero-order valence-electron chi connectivity index (χ0n) is 15.6. The van der Waals surface area contributed by atoms with E-state index in [0.717, 1.165) is 6.20 Å². The molecule has 1 saturated heterocycles. The van der Waals surface area contributed by atoms with Gasteiger partial charge in [-0.1, -0.05) is 6.07 Å². The minimum absolute atomic E-state index is 0.0418. The Kier molecular flexibility index (Phi) is 5.12. The van der Waals surface area contributed by atoms with Crippen LogP contribution in [-0.2, 0) is 12.7 Å². The van der Waals surface area contributed by atoms with Gasteiger partial charge in [-0.25, -0.2) is 13.8 Å². The lowest BCUT2D eigenvalue weighted by molar-refractivity contribution is -0.141. The summed E-state index contributed by atoms with van der Waals surface area (Å²) in [6.45, 7) is -0.0293. The quantitative estimate of drug-likeness (QED) is 0.631. The van der Waals surface area contributed by atoms with Crippen molar-refractivity contribution in [3.05, 3.63) is 47.9 Å². The van der Waals surface area contributed by atoms with Gasteiger partial charge in [0.05, 0.1) is 5.39 Å². The molecular formula is C19H17F5N6. The molecule has 0 saturated carbocycles. The maximum Gasteiger partial charge on any atom is 0.433 e. The van der Waals surface area contributed by atoms with E-state index in [2.05, 4.69) is 25.3 Å². The first kappa shape index (κ1) is 20.2. The molecule has 0 aliphatic carbocycles. The fourth-order valence-corrected chi connectivity index (χ4v) is 3.28. The maximum atomic E-state index is 13.5. The second-order valence-corrected chi connectivity index (χ2v) is 6.95. The highest BCUT2D eigenvalue weighted by Gasteiger charge is 2.36. The second kappa shape index (κ2) is 7.62. The molecular weight excluding hydrogens is 407 g/mol.